The average molecular weight is 553 g/mol. The summed E-state index contributed by atoms with van der Waals surface area (Å²) >= 11 is 0. The molecule has 0 saturated heterocycles. The molecule has 1 aliphatic rings. The molecule has 0 aliphatic carbocycles. The Kier molecular flexibility index (Phi) is 7.29. The Labute approximate surface area is 213 Å². The number of nitrogens with two attached hydrogens (primary N) is 1. The highest BCUT2D eigenvalue weighted by atomic mass is 32.2. The number of rotatable bonds is 6. The number of fused-ring (bicyclic) bond motifs is 1. The van der Waals surface area contributed by atoms with Gasteiger partial charge < -0.3 is 20.2 Å². The molecule has 3 aromatic carbocycles. The van der Waals surface area contributed by atoms with Crippen LogP contribution in [0.25, 0.3) is 0 Å². The number of alkyl halides is 3. The number of benzene rings is 3. The Balaban J connectivity index is 1.70. The van der Waals surface area contributed by atoms with E-state index in [1.165, 1.54) is 24.3 Å². The summed E-state index contributed by atoms with van der Waals surface area (Å²) in [5.74, 6) is -4.22. The number of anilines is 1. The van der Waals surface area contributed by atoms with Gasteiger partial charge >= 0.3 is 6.36 Å². The van der Waals surface area contributed by atoms with Gasteiger partial charge in [-0.2, -0.15) is 5.48 Å². The lowest BCUT2D eigenvalue weighted by Crippen LogP contribution is -2.45. The van der Waals surface area contributed by atoms with E-state index in [-0.39, 0.29) is 23.5 Å². The zero-order valence-corrected chi connectivity index (χ0v) is 20.1. The summed E-state index contributed by atoms with van der Waals surface area (Å²) in [6, 6.07) is 12.4. The number of sulfone groups is 1. The number of hydrogen-bond acceptors (Lipinski definition) is 7. The Morgan fingerprint density at radius 2 is 1.71 bits per heavy atom. The van der Waals surface area contributed by atoms with Gasteiger partial charge in [-0.05, 0) is 42.0 Å². The summed E-state index contributed by atoms with van der Waals surface area (Å²) in [6.45, 7) is -0.353. The highest BCUT2D eigenvalue weighted by Crippen LogP contribution is 2.34. The summed E-state index contributed by atoms with van der Waals surface area (Å²) < 4.78 is 81.9. The number of hydroxylamine groups is 1. The standard InChI is InChI=1S/C24H19F4N3O6S/c25-18-11-21-20(10-17(18)22(32)30-37-16-4-2-1-3-5-16)31(23(33)19(29)13-38(21,34)35)12-14-6-8-15(9-7-14)36-24(26,27)28/h1-11,19H,12-13,29H2,(H,30,32)/t19-/m0/s1. The SMILES string of the molecule is N[C@H]1CS(=O)(=O)c2cc(F)c(C(=O)NOc3ccccc3)cc2N(Cc2ccc(OC(F)(F)F)cc2)C1=O. The fourth-order valence-electron chi connectivity index (χ4n) is 3.68. The van der Waals surface area contributed by atoms with Crippen LogP contribution in [-0.2, 0) is 21.2 Å². The molecule has 0 aromatic heterocycles. The third-order valence-corrected chi connectivity index (χ3v) is 7.20. The third kappa shape index (κ3) is 6.03. The average Bonchev–Trinajstić information content (AvgIpc) is 2.91. The first-order chi connectivity index (χ1) is 17.8. The molecule has 9 nitrogen and oxygen atoms in total. The highest BCUT2D eigenvalue weighted by Gasteiger charge is 2.38. The van der Waals surface area contributed by atoms with Crippen molar-refractivity contribution in [2.75, 3.05) is 10.7 Å². The van der Waals surface area contributed by atoms with Gasteiger partial charge in [-0.3, -0.25) is 9.59 Å². The maximum absolute atomic E-state index is 14.9. The molecule has 3 N–H and O–H groups in total. The van der Waals surface area contributed by atoms with Crippen LogP contribution < -0.4 is 25.7 Å². The van der Waals surface area contributed by atoms with Gasteiger partial charge in [-0.25, -0.2) is 12.8 Å². The van der Waals surface area contributed by atoms with E-state index in [4.69, 9.17) is 10.6 Å². The van der Waals surface area contributed by atoms with Crippen LogP contribution in [0, 0.1) is 5.82 Å². The number of hydrogen-bond donors (Lipinski definition) is 2. The zero-order valence-electron chi connectivity index (χ0n) is 19.2. The quantitative estimate of drug-likeness (QED) is 0.355. The minimum atomic E-state index is -4.91. The largest absolute Gasteiger partial charge is 0.573 e. The summed E-state index contributed by atoms with van der Waals surface area (Å²) in [5, 5.41) is 0. The number of nitrogens with one attached hydrogen (secondary N) is 1. The van der Waals surface area contributed by atoms with Gasteiger partial charge in [-0.15, -0.1) is 13.2 Å². The normalized spacial score (nSPS) is 16.8. The fraction of sp³-hybridized carbons (Fsp3) is 0.167. The first kappa shape index (κ1) is 26.9. The second kappa shape index (κ2) is 10.3. The van der Waals surface area contributed by atoms with E-state index in [0.29, 0.717) is 6.07 Å². The number of nitrogens with zero attached hydrogens (tertiary/aromatic N) is 1. The molecule has 0 spiro atoms. The molecule has 14 heteroatoms. The summed E-state index contributed by atoms with van der Waals surface area (Å²) in [5.41, 5.74) is 7.17. The van der Waals surface area contributed by atoms with Crippen LogP contribution >= 0.6 is 0 Å². The Hall–Kier alpha value is -4.17. The predicted octanol–water partition coefficient (Wildman–Crippen LogP) is 3.10. The first-order valence-corrected chi connectivity index (χ1v) is 12.5. The molecule has 0 unspecified atom stereocenters. The number of carbonyl (C=O) groups is 2. The molecule has 4 rings (SSSR count). The van der Waals surface area contributed by atoms with Crippen molar-refractivity contribution in [2.24, 2.45) is 5.73 Å². The van der Waals surface area contributed by atoms with Crippen LogP contribution in [0.3, 0.4) is 0 Å². The van der Waals surface area contributed by atoms with Crippen molar-refractivity contribution in [3.63, 3.8) is 0 Å². The van der Waals surface area contributed by atoms with Gasteiger partial charge in [0.25, 0.3) is 5.91 Å². The fourth-order valence-corrected chi connectivity index (χ4v) is 5.25. The Bertz CT molecular complexity index is 1460. The maximum atomic E-state index is 14.9. The van der Waals surface area contributed by atoms with Crippen molar-refractivity contribution >= 4 is 27.3 Å². The molecule has 0 radical (unpaired) electrons. The number of para-hydroxylation sites is 1. The number of carbonyl (C=O) groups excluding carboxylic acids is 2. The van der Waals surface area contributed by atoms with E-state index < -0.39 is 61.8 Å². The third-order valence-electron chi connectivity index (χ3n) is 5.40. The molecular formula is C24H19F4N3O6S. The van der Waals surface area contributed by atoms with Crippen LogP contribution in [0.15, 0.2) is 71.6 Å². The van der Waals surface area contributed by atoms with Crippen molar-refractivity contribution in [2.45, 2.75) is 23.8 Å². The molecule has 1 aliphatic heterocycles. The smallest absolute Gasteiger partial charge is 0.406 e. The van der Waals surface area contributed by atoms with Crippen molar-refractivity contribution in [3.8, 4) is 11.5 Å². The van der Waals surface area contributed by atoms with E-state index >= 15 is 0 Å². The van der Waals surface area contributed by atoms with Gasteiger partial charge in [0, 0.05) is 0 Å². The van der Waals surface area contributed by atoms with Crippen molar-refractivity contribution in [1.29, 1.82) is 0 Å². The minimum Gasteiger partial charge on any atom is -0.406 e. The summed E-state index contributed by atoms with van der Waals surface area (Å²) in [6.07, 6.45) is -4.91. The molecule has 38 heavy (non-hydrogen) atoms. The number of ether oxygens (including phenoxy) is 1. The van der Waals surface area contributed by atoms with Gasteiger partial charge in [0.15, 0.2) is 15.6 Å². The zero-order chi connectivity index (χ0) is 27.7. The van der Waals surface area contributed by atoms with Gasteiger partial charge in [0.05, 0.1) is 34.5 Å². The number of amides is 2. The molecule has 0 saturated carbocycles. The lowest BCUT2D eigenvalue weighted by atomic mass is 10.1. The molecular weight excluding hydrogens is 534 g/mol. The number of halogens is 4. The van der Waals surface area contributed by atoms with Crippen LogP contribution in [0.5, 0.6) is 11.5 Å². The monoisotopic (exact) mass is 553 g/mol. The van der Waals surface area contributed by atoms with Crippen molar-refractivity contribution in [3.05, 3.63) is 83.7 Å². The second-order valence-corrected chi connectivity index (χ2v) is 10.2. The summed E-state index contributed by atoms with van der Waals surface area (Å²) in [4.78, 5) is 31.2. The van der Waals surface area contributed by atoms with Gasteiger partial charge in [0.2, 0.25) is 5.91 Å². The molecule has 200 valence electrons. The first-order valence-electron chi connectivity index (χ1n) is 10.8. The van der Waals surface area contributed by atoms with Crippen LogP contribution in [0.4, 0.5) is 23.2 Å². The molecule has 2 amide bonds. The van der Waals surface area contributed by atoms with E-state index in [1.54, 1.807) is 18.2 Å². The molecule has 0 fully saturated rings. The summed E-state index contributed by atoms with van der Waals surface area (Å²) in [7, 11) is -4.27. The molecule has 0 bridgehead atoms. The van der Waals surface area contributed by atoms with E-state index in [2.05, 4.69) is 4.74 Å². The van der Waals surface area contributed by atoms with E-state index in [9.17, 15) is 35.6 Å². The van der Waals surface area contributed by atoms with Crippen LogP contribution in [0.2, 0.25) is 0 Å². The lowest BCUT2D eigenvalue weighted by molar-refractivity contribution is -0.274. The Morgan fingerprint density at radius 1 is 1.05 bits per heavy atom. The van der Waals surface area contributed by atoms with E-state index in [0.717, 1.165) is 23.1 Å². The lowest BCUT2D eigenvalue weighted by Gasteiger charge is -2.25. The predicted molar refractivity (Wildman–Crippen MR) is 125 cm³/mol. The van der Waals surface area contributed by atoms with Crippen molar-refractivity contribution < 1.29 is 45.1 Å². The molecule has 1 heterocycles. The van der Waals surface area contributed by atoms with Gasteiger partial charge in [-0.1, -0.05) is 30.3 Å². The van der Waals surface area contributed by atoms with E-state index in [1.807, 2.05) is 5.48 Å². The van der Waals surface area contributed by atoms with Crippen molar-refractivity contribution in [1.82, 2.24) is 5.48 Å². The van der Waals surface area contributed by atoms with Gasteiger partial charge in [0.1, 0.15) is 11.6 Å². The molecule has 1 atom stereocenters. The highest BCUT2D eigenvalue weighted by molar-refractivity contribution is 7.91. The minimum absolute atomic E-state index is 0.235. The topological polar surface area (TPSA) is 128 Å². The maximum Gasteiger partial charge on any atom is 0.573 e. The second-order valence-electron chi connectivity index (χ2n) is 8.15. The Morgan fingerprint density at radius 3 is 2.34 bits per heavy atom. The van der Waals surface area contributed by atoms with Crippen LogP contribution in [-0.4, -0.2) is 38.4 Å². The molecule has 3 aromatic rings. The van der Waals surface area contributed by atoms with Crippen LogP contribution in [0.1, 0.15) is 15.9 Å².